The Kier molecular flexibility index (Phi) is 3.82. The predicted octanol–water partition coefficient (Wildman–Crippen LogP) is 4.50. The van der Waals surface area contributed by atoms with Gasteiger partial charge in [0.25, 0.3) is 0 Å². The van der Waals surface area contributed by atoms with Crippen molar-refractivity contribution < 1.29 is 0 Å². The van der Waals surface area contributed by atoms with Gasteiger partial charge in [0.05, 0.1) is 6.07 Å². The summed E-state index contributed by atoms with van der Waals surface area (Å²) in [7, 11) is 0. The molecule has 0 fully saturated rings. The number of nitrogens with one attached hydrogen (secondary N) is 1. The predicted molar refractivity (Wildman–Crippen MR) is 75.2 cm³/mol. The fourth-order valence-corrected chi connectivity index (χ4v) is 2.63. The molecule has 86 valence electrons. The van der Waals surface area contributed by atoms with E-state index in [1.165, 1.54) is 4.88 Å². The van der Waals surface area contributed by atoms with Crippen LogP contribution in [-0.4, -0.2) is 0 Å². The molecule has 17 heavy (non-hydrogen) atoms. The van der Waals surface area contributed by atoms with Gasteiger partial charge in [-0.2, -0.15) is 5.26 Å². The van der Waals surface area contributed by atoms with E-state index in [0.717, 1.165) is 15.0 Å². The third-order valence-electron chi connectivity index (χ3n) is 2.33. The largest absolute Gasteiger partial charge is 0.366 e. The molecule has 1 atom stereocenters. The molecule has 4 heteroatoms. The molecule has 0 saturated heterocycles. The van der Waals surface area contributed by atoms with E-state index in [1.807, 2.05) is 43.3 Å². The molecule has 1 heterocycles. The van der Waals surface area contributed by atoms with Crippen molar-refractivity contribution in [2.24, 2.45) is 0 Å². The van der Waals surface area contributed by atoms with E-state index >= 15 is 0 Å². The number of anilines is 1. The maximum Gasteiger partial charge on any atom is 0.149 e. The zero-order valence-electron chi connectivity index (χ0n) is 9.27. The fraction of sp³-hybridized carbons (Fsp3) is 0.154. The number of halogens is 1. The highest BCUT2D eigenvalue weighted by molar-refractivity contribution is 9.10. The molecular weight excluding hydrogens is 296 g/mol. The van der Waals surface area contributed by atoms with Crippen LogP contribution in [0.2, 0.25) is 0 Å². The van der Waals surface area contributed by atoms with Crippen molar-refractivity contribution in [3.05, 3.63) is 50.6 Å². The third kappa shape index (κ3) is 3.09. The van der Waals surface area contributed by atoms with Gasteiger partial charge in [-0.25, -0.2) is 0 Å². The van der Waals surface area contributed by atoms with Gasteiger partial charge in [0, 0.05) is 19.9 Å². The zero-order chi connectivity index (χ0) is 12.3. The normalized spacial score (nSPS) is 11.8. The summed E-state index contributed by atoms with van der Waals surface area (Å²) in [6.07, 6.45) is 0. The summed E-state index contributed by atoms with van der Waals surface area (Å²) in [4.78, 5) is 2.27. The molecule has 1 aromatic carbocycles. The van der Waals surface area contributed by atoms with Gasteiger partial charge < -0.3 is 5.32 Å². The molecule has 0 aliphatic rings. The van der Waals surface area contributed by atoms with Crippen LogP contribution in [0.1, 0.15) is 15.8 Å². The average Bonchev–Trinajstić information content (AvgIpc) is 2.75. The van der Waals surface area contributed by atoms with Crippen molar-refractivity contribution in [1.29, 1.82) is 5.26 Å². The number of nitriles is 1. The first-order valence-electron chi connectivity index (χ1n) is 5.17. The van der Waals surface area contributed by atoms with Crippen LogP contribution in [0.4, 0.5) is 5.69 Å². The van der Waals surface area contributed by atoms with Crippen LogP contribution < -0.4 is 5.32 Å². The molecule has 0 radical (unpaired) electrons. The Balaban J connectivity index is 2.16. The fourth-order valence-electron chi connectivity index (χ4n) is 1.49. The van der Waals surface area contributed by atoms with Crippen molar-refractivity contribution in [2.75, 3.05) is 5.32 Å². The lowest BCUT2D eigenvalue weighted by molar-refractivity contribution is 1.03. The first-order valence-corrected chi connectivity index (χ1v) is 6.78. The number of nitrogens with zero attached hydrogens (tertiary/aromatic N) is 1. The molecular formula is C13H11BrN2S. The van der Waals surface area contributed by atoms with Crippen molar-refractivity contribution in [3.8, 4) is 6.07 Å². The monoisotopic (exact) mass is 306 g/mol. The summed E-state index contributed by atoms with van der Waals surface area (Å²) in [5, 5.41) is 12.4. The molecule has 0 spiro atoms. The highest BCUT2D eigenvalue weighted by atomic mass is 79.9. The molecule has 0 aliphatic carbocycles. The summed E-state index contributed by atoms with van der Waals surface area (Å²) in [6.45, 7) is 2.04. The molecule has 2 nitrogen and oxygen atoms in total. The van der Waals surface area contributed by atoms with Gasteiger partial charge in [-0.15, -0.1) is 11.3 Å². The van der Waals surface area contributed by atoms with Gasteiger partial charge in [0.15, 0.2) is 0 Å². The highest BCUT2D eigenvalue weighted by Gasteiger charge is 2.11. The minimum absolute atomic E-state index is 0.283. The lowest BCUT2D eigenvalue weighted by atomic mass is 10.2. The maximum atomic E-state index is 9.19. The van der Waals surface area contributed by atoms with Gasteiger partial charge in [0.2, 0.25) is 0 Å². The summed E-state index contributed by atoms with van der Waals surface area (Å²) in [6, 6.07) is 13.9. The molecule has 2 rings (SSSR count). The van der Waals surface area contributed by atoms with Crippen molar-refractivity contribution >= 4 is 33.0 Å². The van der Waals surface area contributed by atoms with Crippen LogP contribution in [-0.2, 0) is 0 Å². The number of rotatable bonds is 3. The topological polar surface area (TPSA) is 35.8 Å². The van der Waals surface area contributed by atoms with Gasteiger partial charge in [-0.05, 0) is 43.3 Å². The van der Waals surface area contributed by atoms with Crippen LogP contribution in [0.15, 0.2) is 40.9 Å². The Labute approximate surface area is 113 Å². The van der Waals surface area contributed by atoms with Crippen molar-refractivity contribution in [2.45, 2.75) is 13.0 Å². The third-order valence-corrected chi connectivity index (χ3v) is 3.92. The molecule has 2 aromatic rings. The van der Waals surface area contributed by atoms with Gasteiger partial charge in [0.1, 0.15) is 6.04 Å². The Bertz CT molecular complexity index is 539. The van der Waals surface area contributed by atoms with Crippen LogP contribution in [0.3, 0.4) is 0 Å². The van der Waals surface area contributed by atoms with E-state index < -0.39 is 0 Å². The van der Waals surface area contributed by atoms with E-state index in [2.05, 4.69) is 27.3 Å². The summed E-state index contributed by atoms with van der Waals surface area (Å²) in [5.74, 6) is 0. The summed E-state index contributed by atoms with van der Waals surface area (Å²) in [5.41, 5.74) is 0.950. The second-order valence-electron chi connectivity index (χ2n) is 3.66. The standard InChI is InChI=1S/C13H11BrN2S/c1-9-2-7-13(17-9)12(8-15)16-11-5-3-10(14)4-6-11/h2-7,12,16H,1H3. The second-order valence-corrected chi connectivity index (χ2v) is 5.90. The van der Waals surface area contributed by atoms with E-state index in [0.29, 0.717) is 0 Å². The van der Waals surface area contributed by atoms with Crippen LogP contribution in [0.25, 0.3) is 0 Å². The van der Waals surface area contributed by atoms with Gasteiger partial charge >= 0.3 is 0 Å². The maximum absolute atomic E-state index is 9.19. The lowest BCUT2D eigenvalue weighted by Gasteiger charge is -2.11. The van der Waals surface area contributed by atoms with Gasteiger partial charge in [-0.1, -0.05) is 15.9 Å². The minimum Gasteiger partial charge on any atom is -0.366 e. The molecule has 0 saturated carbocycles. The first kappa shape index (κ1) is 12.2. The average molecular weight is 307 g/mol. The molecule has 1 N–H and O–H groups in total. The quantitative estimate of drug-likeness (QED) is 0.906. The number of aryl methyl sites for hydroxylation is 1. The molecule has 0 amide bonds. The molecule has 0 aliphatic heterocycles. The number of thiophene rings is 1. The van der Waals surface area contributed by atoms with E-state index in [9.17, 15) is 5.26 Å². The van der Waals surface area contributed by atoms with Crippen LogP contribution in [0.5, 0.6) is 0 Å². The van der Waals surface area contributed by atoms with E-state index in [1.54, 1.807) is 11.3 Å². The Morgan fingerprint density at radius 2 is 1.94 bits per heavy atom. The Hall–Kier alpha value is -1.31. The summed E-state index contributed by atoms with van der Waals surface area (Å²) < 4.78 is 1.03. The lowest BCUT2D eigenvalue weighted by Crippen LogP contribution is -2.06. The second kappa shape index (κ2) is 5.35. The Morgan fingerprint density at radius 3 is 2.47 bits per heavy atom. The smallest absolute Gasteiger partial charge is 0.149 e. The van der Waals surface area contributed by atoms with Gasteiger partial charge in [-0.3, -0.25) is 0 Å². The minimum atomic E-state index is -0.283. The molecule has 1 unspecified atom stereocenters. The van der Waals surface area contributed by atoms with E-state index in [-0.39, 0.29) is 6.04 Å². The number of benzene rings is 1. The Morgan fingerprint density at radius 1 is 1.24 bits per heavy atom. The molecule has 0 bridgehead atoms. The van der Waals surface area contributed by atoms with Crippen molar-refractivity contribution in [3.63, 3.8) is 0 Å². The zero-order valence-corrected chi connectivity index (χ0v) is 11.7. The van der Waals surface area contributed by atoms with Crippen molar-refractivity contribution in [1.82, 2.24) is 0 Å². The summed E-state index contributed by atoms with van der Waals surface area (Å²) >= 11 is 5.03. The number of hydrogen-bond donors (Lipinski definition) is 1. The SMILES string of the molecule is Cc1ccc(C(C#N)Nc2ccc(Br)cc2)s1. The van der Waals surface area contributed by atoms with E-state index in [4.69, 9.17) is 0 Å². The first-order chi connectivity index (χ1) is 8.19. The van der Waals surface area contributed by atoms with Crippen LogP contribution >= 0.6 is 27.3 Å². The highest BCUT2D eigenvalue weighted by Crippen LogP contribution is 2.26. The number of hydrogen-bond acceptors (Lipinski definition) is 3. The van der Waals surface area contributed by atoms with Crippen LogP contribution in [0, 0.1) is 18.3 Å². The molecule has 1 aromatic heterocycles.